The quantitative estimate of drug-likeness (QED) is 0.633. The van der Waals surface area contributed by atoms with E-state index in [2.05, 4.69) is 30.0 Å². The second-order valence-electron chi connectivity index (χ2n) is 2.00. The van der Waals surface area contributed by atoms with Gasteiger partial charge in [0.05, 0.1) is 0 Å². The van der Waals surface area contributed by atoms with E-state index in [0.717, 1.165) is 6.54 Å². The van der Waals surface area contributed by atoms with E-state index in [0.29, 0.717) is 5.92 Å². The van der Waals surface area contributed by atoms with Crippen molar-refractivity contribution in [3.05, 3.63) is 0 Å². The molecule has 0 radical (unpaired) electrons. The molecular formula is C5H11BrClN. The lowest BCUT2D eigenvalue weighted by molar-refractivity contribution is 0.498. The van der Waals surface area contributed by atoms with Crippen molar-refractivity contribution in [3.8, 4) is 0 Å². The van der Waals surface area contributed by atoms with Gasteiger partial charge < -0.3 is 0 Å². The number of hydrogen-bond donors (Lipinski definition) is 0. The summed E-state index contributed by atoms with van der Waals surface area (Å²) >= 11 is 8.62. The minimum atomic E-state index is 0.673. The maximum atomic E-state index is 5.50. The summed E-state index contributed by atoms with van der Waals surface area (Å²) in [6.07, 6.45) is 1.18. The first-order chi connectivity index (χ1) is 3.66. The first-order valence-electron chi connectivity index (χ1n) is 2.76. The maximum absolute atomic E-state index is 5.50. The van der Waals surface area contributed by atoms with Crippen LogP contribution in [0, 0.1) is 5.92 Å². The molecule has 0 bridgehead atoms. The fourth-order valence-corrected chi connectivity index (χ4v) is 1.09. The normalized spacial score (nSPS) is 14.6. The Morgan fingerprint density at radius 3 is 2.38 bits per heavy atom. The molecule has 0 amide bonds. The van der Waals surface area contributed by atoms with Gasteiger partial charge in [-0.25, -0.2) is 0 Å². The van der Waals surface area contributed by atoms with E-state index in [1.807, 2.05) is 0 Å². The molecule has 0 saturated carbocycles. The summed E-state index contributed by atoms with van der Waals surface area (Å²) in [5.74, 6) is 0.673. The van der Waals surface area contributed by atoms with Gasteiger partial charge in [-0.3, -0.25) is 0 Å². The fraction of sp³-hybridized carbons (Fsp3) is 1.00. The molecule has 0 fully saturated rings. The highest BCUT2D eigenvalue weighted by molar-refractivity contribution is 9.08. The SMILES string of the molecule is CCC(C)CN(Cl)Br. The summed E-state index contributed by atoms with van der Waals surface area (Å²) in [5, 5.41) is 0. The number of rotatable bonds is 3. The number of halogens is 2. The van der Waals surface area contributed by atoms with Crippen molar-refractivity contribution < 1.29 is 0 Å². The lowest BCUT2D eigenvalue weighted by Crippen LogP contribution is -2.08. The molecule has 1 unspecified atom stereocenters. The third kappa shape index (κ3) is 4.88. The highest BCUT2D eigenvalue weighted by Crippen LogP contribution is 2.09. The van der Waals surface area contributed by atoms with E-state index in [1.165, 1.54) is 9.87 Å². The molecule has 0 spiro atoms. The average Bonchev–Trinajstić information content (AvgIpc) is 1.65. The van der Waals surface area contributed by atoms with Crippen LogP contribution in [0.25, 0.3) is 0 Å². The van der Waals surface area contributed by atoms with Gasteiger partial charge in [-0.05, 0) is 17.7 Å². The molecular weight excluding hydrogens is 189 g/mol. The third-order valence-corrected chi connectivity index (χ3v) is 1.57. The van der Waals surface area contributed by atoms with Gasteiger partial charge in [0.25, 0.3) is 0 Å². The highest BCUT2D eigenvalue weighted by atomic mass is 79.9. The molecule has 1 atom stereocenters. The molecule has 0 aliphatic rings. The van der Waals surface area contributed by atoms with Gasteiger partial charge in [0.2, 0.25) is 0 Å². The minimum absolute atomic E-state index is 0.673. The van der Waals surface area contributed by atoms with Crippen LogP contribution >= 0.6 is 27.9 Å². The van der Waals surface area contributed by atoms with Gasteiger partial charge in [0, 0.05) is 22.7 Å². The molecule has 0 aliphatic carbocycles. The van der Waals surface area contributed by atoms with Gasteiger partial charge >= 0.3 is 0 Å². The lowest BCUT2D eigenvalue weighted by atomic mass is 10.1. The second-order valence-corrected chi connectivity index (χ2v) is 3.67. The largest absolute Gasteiger partial charge is 0.155 e. The Balaban J connectivity index is 3.10. The van der Waals surface area contributed by atoms with E-state index in [1.54, 1.807) is 0 Å². The first-order valence-corrected chi connectivity index (χ1v) is 3.80. The van der Waals surface area contributed by atoms with Crippen LogP contribution in [0.15, 0.2) is 0 Å². The van der Waals surface area contributed by atoms with E-state index < -0.39 is 0 Å². The highest BCUT2D eigenvalue weighted by Gasteiger charge is 2.00. The van der Waals surface area contributed by atoms with Gasteiger partial charge in [0.1, 0.15) is 0 Å². The smallest absolute Gasteiger partial charge is 0.0289 e. The summed E-state index contributed by atoms with van der Waals surface area (Å²) in [6, 6.07) is 0. The topological polar surface area (TPSA) is 3.24 Å². The Bertz CT molecular complexity index is 58.4. The molecule has 8 heavy (non-hydrogen) atoms. The standard InChI is InChI=1S/C5H11BrClN/c1-3-5(2)4-8(6)7/h5H,3-4H2,1-2H3. The van der Waals surface area contributed by atoms with Crippen molar-refractivity contribution in [1.82, 2.24) is 3.45 Å². The molecule has 3 heteroatoms. The minimum Gasteiger partial charge on any atom is -0.155 e. The summed E-state index contributed by atoms with van der Waals surface area (Å²) in [7, 11) is 0. The van der Waals surface area contributed by atoms with E-state index in [-0.39, 0.29) is 0 Å². The molecule has 0 aromatic carbocycles. The number of hydrogen-bond acceptors (Lipinski definition) is 1. The zero-order valence-corrected chi connectivity index (χ0v) is 7.54. The molecule has 0 rings (SSSR count). The zero-order chi connectivity index (χ0) is 6.57. The summed E-state index contributed by atoms with van der Waals surface area (Å²) in [6.45, 7) is 5.22. The van der Waals surface area contributed by atoms with Crippen LogP contribution in [0.4, 0.5) is 0 Å². The molecule has 1 nitrogen and oxygen atoms in total. The van der Waals surface area contributed by atoms with Crippen LogP contribution in [0.1, 0.15) is 20.3 Å². The Hall–Kier alpha value is 0.730. The Kier molecular flexibility index (Phi) is 5.01. The van der Waals surface area contributed by atoms with Gasteiger partial charge in [0.15, 0.2) is 0 Å². The monoisotopic (exact) mass is 199 g/mol. The van der Waals surface area contributed by atoms with Crippen molar-refractivity contribution in [2.24, 2.45) is 5.92 Å². The van der Waals surface area contributed by atoms with Gasteiger partial charge in [-0.1, -0.05) is 20.3 Å². The number of nitrogens with zero attached hydrogens (tertiary/aromatic N) is 1. The molecule has 50 valence electrons. The predicted octanol–water partition coefficient (Wildman–Crippen LogP) is 2.80. The van der Waals surface area contributed by atoms with Crippen molar-refractivity contribution in [2.45, 2.75) is 20.3 Å². The third-order valence-electron chi connectivity index (χ3n) is 1.15. The summed E-state index contributed by atoms with van der Waals surface area (Å²) in [5.41, 5.74) is 0. The molecule has 0 saturated heterocycles. The van der Waals surface area contributed by atoms with Crippen LogP contribution in [-0.2, 0) is 0 Å². The Morgan fingerprint density at radius 1 is 1.75 bits per heavy atom. The van der Waals surface area contributed by atoms with Crippen molar-refractivity contribution in [1.29, 1.82) is 0 Å². The Morgan fingerprint density at radius 2 is 2.25 bits per heavy atom. The maximum Gasteiger partial charge on any atom is 0.0289 e. The average molecular weight is 201 g/mol. The van der Waals surface area contributed by atoms with E-state index >= 15 is 0 Å². The fourth-order valence-electron chi connectivity index (χ4n) is 0.365. The van der Waals surface area contributed by atoms with Crippen molar-refractivity contribution >= 4 is 27.9 Å². The van der Waals surface area contributed by atoms with E-state index in [4.69, 9.17) is 11.8 Å². The van der Waals surface area contributed by atoms with Gasteiger partial charge in [-0.2, -0.15) is 3.45 Å². The van der Waals surface area contributed by atoms with Gasteiger partial charge in [-0.15, -0.1) is 0 Å². The predicted molar refractivity (Wildman–Crippen MR) is 40.9 cm³/mol. The van der Waals surface area contributed by atoms with Crippen LogP contribution < -0.4 is 0 Å². The summed E-state index contributed by atoms with van der Waals surface area (Å²) in [4.78, 5) is 0. The van der Waals surface area contributed by atoms with Crippen molar-refractivity contribution in [3.63, 3.8) is 0 Å². The summed E-state index contributed by atoms with van der Waals surface area (Å²) < 4.78 is 1.52. The molecule has 0 N–H and O–H groups in total. The van der Waals surface area contributed by atoms with Crippen molar-refractivity contribution in [2.75, 3.05) is 6.54 Å². The molecule has 0 aromatic rings. The second kappa shape index (κ2) is 4.59. The Labute approximate surface area is 64.5 Å². The van der Waals surface area contributed by atoms with Crippen LogP contribution in [0.3, 0.4) is 0 Å². The lowest BCUT2D eigenvalue weighted by Gasteiger charge is -2.09. The van der Waals surface area contributed by atoms with Crippen LogP contribution in [-0.4, -0.2) is 9.99 Å². The van der Waals surface area contributed by atoms with Crippen LogP contribution in [0.2, 0.25) is 0 Å². The zero-order valence-electron chi connectivity index (χ0n) is 5.19. The molecule has 0 aliphatic heterocycles. The molecule has 0 heterocycles. The first kappa shape index (κ1) is 8.73. The van der Waals surface area contributed by atoms with E-state index in [9.17, 15) is 0 Å². The van der Waals surface area contributed by atoms with Crippen LogP contribution in [0.5, 0.6) is 0 Å². The molecule has 0 aromatic heterocycles.